The molecule has 0 bridgehead atoms. The maximum Gasteiger partial charge on any atom is 0.208 e. The van der Waals surface area contributed by atoms with Gasteiger partial charge in [0.25, 0.3) is 0 Å². The van der Waals surface area contributed by atoms with Crippen molar-refractivity contribution in [3.05, 3.63) is 23.8 Å². The summed E-state index contributed by atoms with van der Waals surface area (Å²) in [6, 6.07) is 6.58. The van der Waals surface area contributed by atoms with Crippen molar-refractivity contribution in [2.45, 2.75) is 25.3 Å². The predicted molar refractivity (Wildman–Crippen MR) is 88.4 cm³/mol. The summed E-state index contributed by atoms with van der Waals surface area (Å²) >= 11 is 0. The first-order chi connectivity index (χ1) is 11.0. The first-order valence-corrected chi connectivity index (χ1v) is 10.0. The summed E-state index contributed by atoms with van der Waals surface area (Å²) in [6.07, 6.45) is 4.30. The lowest BCUT2D eigenvalue weighted by atomic mass is 10.0. The van der Waals surface area contributed by atoms with Crippen molar-refractivity contribution in [1.29, 1.82) is 0 Å². The molecule has 1 unspecified atom stereocenters. The molecule has 23 heavy (non-hydrogen) atoms. The number of likely N-dealkylation sites (tertiary alicyclic amines) is 1. The molecule has 6 nitrogen and oxygen atoms in total. The van der Waals surface area contributed by atoms with Gasteiger partial charge in [0.2, 0.25) is 10.0 Å². The van der Waals surface area contributed by atoms with Crippen LogP contribution in [-0.2, 0) is 10.0 Å². The lowest BCUT2D eigenvalue weighted by Gasteiger charge is -2.26. The Morgan fingerprint density at radius 1 is 1.26 bits per heavy atom. The molecule has 0 amide bonds. The van der Waals surface area contributed by atoms with Crippen LogP contribution in [0.25, 0.3) is 0 Å². The van der Waals surface area contributed by atoms with Gasteiger partial charge in [0, 0.05) is 12.6 Å². The molecule has 1 atom stereocenters. The van der Waals surface area contributed by atoms with E-state index in [9.17, 15) is 8.42 Å². The molecule has 1 fully saturated rings. The Morgan fingerprint density at radius 2 is 2.04 bits per heavy atom. The Labute approximate surface area is 137 Å². The molecule has 2 aliphatic heterocycles. The fraction of sp³-hybridized carbons (Fsp3) is 0.625. The number of sulfonamides is 1. The van der Waals surface area contributed by atoms with Gasteiger partial charge in [-0.25, -0.2) is 13.1 Å². The van der Waals surface area contributed by atoms with Crippen LogP contribution in [0.15, 0.2) is 18.2 Å². The molecule has 2 heterocycles. The molecular weight excluding hydrogens is 316 g/mol. The van der Waals surface area contributed by atoms with Crippen molar-refractivity contribution >= 4 is 10.0 Å². The fourth-order valence-electron chi connectivity index (χ4n) is 3.28. The lowest BCUT2D eigenvalue weighted by Crippen LogP contribution is -2.29. The predicted octanol–water partition coefficient (Wildman–Crippen LogP) is 1.53. The quantitative estimate of drug-likeness (QED) is 0.796. The molecule has 1 N–H and O–H groups in total. The second-order valence-corrected chi connectivity index (χ2v) is 7.95. The average Bonchev–Trinajstić information content (AvgIpc) is 2.98. The van der Waals surface area contributed by atoms with E-state index in [4.69, 9.17) is 9.47 Å². The third-order valence-corrected chi connectivity index (χ3v) is 5.03. The normalized spacial score (nSPS) is 21.5. The highest BCUT2D eigenvalue weighted by Crippen LogP contribution is 2.37. The molecule has 3 rings (SSSR count). The van der Waals surface area contributed by atoms with E-state index in [0.717, 1.165) is 37.4 Å². The van der Waals surface area contributed by atoms with Crippen LogP contribution < -0.4 is 14.2 Å². The van der Waals surface area contributed by atoms with Crippen LogP contribution in [0.2, 0.25) is 0 Å². The van der Waals surface area contributed by atoms with Crippen molar-refractivity contribution < 1.29 is 17.9 Å². The molecule has 0 saturated carbocycles. The Balaban J connectivity index is 1.60. The lowest BCUT2D eigenvalue weighted by molar-refractivity contribution is 0.170. The van der Waals surface area contributed by atoms with E-state index in [0.29, 0.717) is 25.8 Å². The van der Waals surface area contributed by atoms with Gasteiger partial charge < -0.3 is 9.47 Å². The maximum absolute atomic E-state index is 11.1. The zero-order valence-electron chi connectivity index (χ0n) is 13.5. The first kappa shape index (κ1) is 16.5. The number of nitrogens with zero attached hydrogens (tertiary/aromatic N) is 1. The van der Waals surface area contributed by atoms with Crippen molar-refractivity contribution in [1.82, 2.24) is 9.62 Å². The number of ether oxygens (including phenoxy) is 2. The number of hydrogen-bond donors (Lipinski definition) is 1. The third-order valence-electron chi connectivity index (χ3n) is 4.30. The van der Waals surface area contributed by atoms with E-state index in [1.54, 1.807) is 0 Å². The highest BCUT2D eigenvalue weighted by atomic mass is 32.2. The van der Waals surface area contributed by atoms with Crippen molar-refractivity contribution in [3.63, 3.8) is 0 Å². The molecule has 128 valence electrons. The molecule has 1 saturated heterocycles. The van der Waals surface area contributed by atoms with Gasteiger partial charge in [-0.3, -0.25) is 4.90 Å². The van der Waals surface area contributed by atoms with Gasteiger partial charge in [0.1, 0.15) is 13.2 Å². The summed E-state index contributed by atoms with van der Waals surface area (Å²) in [4.78, 5) is 2.43. The third kappa shape index (κ3) is 4.37. The van der Waals surface area contributed by atoms with E-state index in [1.807, 2.05) is 6.07 Å². The monoisotopic (exact) mass is 340 g/mol. The minimum Gasteiger partial charge on any atom is -0.486 e. The zero-order valence-corrected chi connectivity index (χ0v) is 14.3. The Morgan fingerprint density at radius 3 is 2.83 bits per heavy atom. The molecule has 0 aromatic heterocycles. The van der Waals surface area contributed by atoms with Crippen LogP contribution in [0.3, 0.4) is 0 Å². The smallest absolute Gasteiger partial charge is 0.208 e. The van der Waals surface area contributed by atoms with E-state index in [1.165, 1.54) is 18.2 Å². The molecule has 7 heteroatoms. The van der Waals surface area contributed by atoms with Crippen LogP contribution in [0.4, 0.5) is 0 Å². The van der Waals surface area contributed by atoms with Gasteiger partial charge in [-0.05, 0) is 50.0 Å². The molecule has 0 spiro atoms. The van der Waals surface area contributed by atoms with Crippen molar-refractivity contribution in [2.24, 2.45) is 0 Å². The average molecular weight is 340 g/mol. The summed E-state index contributed by atoms with van der Waals surface area (Å²) < 4.78 is 36.0. The summed E-state index contributed by atoms with van der Waals surface area (Å²) in [6.45, 7) is 3.64. The highest BCUT2D eigenvalue weighted by molar-refractivity contribution is 7.88. The minimum absolute atomic E-state index is 0.379. The molecule has 1 aromatic rings. The summed E-state index contributed by atoms with van der Waals surface area (Å²) in [7, 11) is -3.09. The van der Waals surface area contributed by atoms with Crippen LogP contribution in [0.5, 0.6) is 11.5 Å². The minimum atomic E-state index is -3.09. The molecular formula is C16H24N2O4S. The van der Waals surface area contributed by atoms with E-state index >= 15 is 0 Å². The molecule has 1 aromatic carbocycles. The standard InChI is InChI=1S/C16H24N2O4S/c1-23(19,20)17-7-3-9-18-8-2-4-14(18)13-5-6-15-16(12-13)22-11-10-21-15/h5-6,12,14,17H,2-4,7-11H2,1H3. The fourth-order valence-corrected chi connectivity index (χ4v) is 3.79. The SMILES string of the molecule is CS(=O)(=O)NCCCN1CCCC1c1ccc2c(c1)OCCO2. The second kappa shape index (κ2) is 7.07. The van der Waals surface area contributed by atoms with Gasteiger partial charge in [0.15, 0.2) is 11.5 Å². The Kier molecular flexibility index (Phi) is 5.08. The van der Waals surface area contributed by atoms with Gasteiger partial charge in [-0.15, -0.1) is 0 Å². The van der Waals surface area contributed by atoms with Crippen LogP contribution in [0.1, 0.15) is 30.9 Å². The second-order valence-electron chi connectivity index (χ2n) is 6.12. The summed E-state index contributed by atoms with van der Waals surface area (Å²) in [5.41, 5.74) is 1.25. The number of nitrogens with one attached hydrogen (secondary N) is 1. The Hall–Kier alpha value is -1.31. The van der Waals surface area contributed by atoms with Crippen LogP contribution >= 0.6 is 0 Å². The van der Waals surface area contributed by atoms with E-state index in [2.05, 4.69) is 21.8 Å². The summed E-state index contributed by atoms with van der Waals surface area (Å²) in [5, 5.41) is 0. The number of hydrogen-bond acceptors (Lipinski definition) is 5. The molecule has 0 aliphatic carbocycles. The van der Waals surface area contributed by atoms with E-state index in [-0.39, 0.29) is 0 Å². The number of benzene rings is 1. The molecule has 0 radical (unpaired) electrons. The molecule has 2 aliphatic rings. The first-order valence-electron chi connectivity index (χ1n) is 8.11. The van der Waals surface area contributed by atoms with Gasteiger partial charge >= 0.3 is 0 Å². The Bertz CT molecular complexity index is 647. The van der Waals surface area contributed by atoms with Crippen LogP contribution in [0, 0.1) is 0 Å². The van der Waals surface area contributed by atoms with Gasteiger partial charge in [-0.1, -0.05) is 6.07 Å². The highest BCUT2D eigenvalue weighted by Gasteiger charge is 2.26. The number of rotatable bonds is 6. The number of fused-ring (bicyclic) bond motifs is 1. The van der Waals surface area contributed by atoms with Gasteiger partial charge in [0.05, 0.1) is 6.26 Å². The van der Waals surface area contributed by atoms with Crippen molar-refractivity contribution in [2.75, 3.05) is 39.1 Å². The van der Waals surface area contributed by atoms with Crippen LogP contribution in [-0.4, -0.2) is 52.4 Å². The van der Waals surface area contributed by atoms with Crippen molar-refractivity contribution in [3.8, 4) is 11.5 Å². The largest absolute Gasteiger partial charge is 0.486 e. The van der Waals surface area contributed by atoms with E-state index < -0.39 is 10.0 Å². The topological polar surface area (TPSA) is 67.9 Å². The zero-order chi connectivity index (χ0) is 16.3. The maximum atomic E-state index is 11.1. The summed E-state index contributed by atoms with van der Waals surface area (Å²) in [5.74, 6) is 1.65. The van der Waals surface area contributed by atoms with Gasteiger partial charge in [-0.2, -0.15) is 0 Å².